The van der Waals surface area contributed by atoms with Crippen LogP contribution >= 0.6 is 0 Å². The standard InChI is InChI=1S/C23H25FN8/c1-13-9-31(10-14(2)26-13)18-5-16(8-25)21-20(7-18)30(4)29-22(21)28-17-6-19(24)23-27-15(3)11-32(23)12-17/h5-7,11-14,26H,9-10H2,1-4H3,(H,28,29). The summed E-state index contributed by atoms with van der Waals surface area (Å²) in [7, 11) is 1.85. The molecule has 1 aliphatic heterocycles. The zero-order valence-corrected chi connectivity index (χ0v) is 18.5. The van der Waals surface area contributed by atoms with E-state index in [4.69, 9.17) is 0 Å². The fraction of sp³-hybridized carbons (Fsp3) is 0.348. The highest BCUT2D eigenvalue weighted by Crippen LogP contribution is 2.33. The van der Waals surface area contributed by atoms with E-state index in [1.807, 2.05) is 20.0 Å². The number of nitrogens with one attached hydrogen (secondary N) is 2. The third kappa shape index (κ3) is 3.42. The summed E-state index contributed by atoms with van der Waals surface area (Å²) in [6, 6.07) is 8.44. The lowest BCUT2D eigenvalue weighted by molar-refractivity contribution is 0.407. The summed E-state index contributed by atoms with van der Waals surface area (Å²) < 4.78 is 17.9. The number of anilines is 3. The summed E-state index contributed by atoms with van der Waals surface area (Å²) >= 11 is 0. The van der Waals surface area contributed by atoms with Crippen LogP contribution in [-0.2, 0) is 7.05 Å². The molecule has 1 aliphatic rings. The molecule has 1 saturated heterocycles. The van der Waals surface area contributed by atoms with Gasteiger partial charge in [-0.3, -0.25) is 4.68 Å². The number of imidazole rings is 1. The number of halogens is 1. The molecule has 8 nitrogen and oxygen atoms in total. The summed E-state index contributed by atoms with van der Waals surface area (Å²) in [5.74, 6) is 0.0938. The van der Waals surface area contributed by atoms with Gasteiger partial charge in [-0.05, 0) is 32.9 Å². The van der Waals surface area contributed by atoms with Gasteiger partial charge in [-0.15, -0.1) is 0 Å². The van der Waals surface area contributed by atoms with Crippen LogP contribution in [0.25, 0.3) is 16.6 Å². The first-order valence-corrected chi connectivity index (χ1v) is 10.7. The van der Waals surface area contributed by atoms with Crippen LogP contribution in [0.4, 0.5) is 21.6 Å². The highest BCUT2D eigenvalue weighted by atomic mass is 19.1. The van der Waals surface area contributed by atoms with Crippen molar-refractivity contribution in [2.75, 3.05) is 23.3 Å². The second kappa shape index (κ2) is 7.50. The third-order valence-electron chi connectivity index (χ3n) is 5.87. The molecule has 0 aliphatic carbocycles. The molecule has 32 heavy (non-hydrogen) atoms. The number of fused-ring (bicyclic) bond motifs is 2. The Morgan fingerprint density at radius 2 is 1.94 bits per heavy atom. The lowest BCUT2D eigenvalue weighted by atomic mass is 10.1. The minimum absolute atomic E-state index is 0.278. The van der Waals surface area contributed by atoms with Gasteiger partial charge in [0.2, 0.25) is 0 Å². The van der Waals surface area contributed by atoms with Crippen LogP contribution < -0.4 is 15.5 Å². The second-order valence-electron chi connectivity index (χ2n) is 8.66. The van der Waals surface area contributed by atoms with Gasteiger partial charge in [0.25, 0.3) is 0 Å². The fourth-order valence-corrected chi connectivity index (χ4v) is 4.65. The molecule has 3 aromatic heterocycles. The largest absolute Gasteiger partial charge is 0.368 e. The zero-order valence-electron chi connectivity index (χ0n) is 18.5. The maximum Gasteiger partial charge on any atom is 0.173 e. The lowest BCUT2D eigenvalue weighted by Gasteiger charge is -2.37. The quantitative estimate of drug-likeness (QED) is 0.516. The van der Waals surface area contributed by atoms with Gasteiger partial charge < -0.3 is 19.9 Å². The number of aryl methyl sites for hydroxylation is 2. The maximum atomic E-state index is 14.5. The van der Waals surface area contributed by atoms with Crippen LogP contribution in [0.3, 0.4) is 0 Å². The summed E-state index contributed by atoms with van der Waals surface area (Å²) in [4.78, 5) is 6.50. The van der Waals surface area contributed by atoms with Crippen molar-refractivity contribution in [3.8, 4) is 6.07 Å². The number of hydrogen-bond acceptors (Lipinski definition) is 6. The van der Waals surface area contributed by atoms with Crippen LogP contribution in [-0.4, -0.2) is 44.3 Å². The predicted octanol–water partition coefficient (Wildman–Crippen LogP) is 3.47. The molecule has 5 rings (SSSR count). The van der Waals surface area contributed by atoms with Crippen molar-refractivity contribution in [3.05, 3.63) is 47.7 Å². The molecule has 2 N–H and O–H groups in total. The Bertz CT molecular complexity index is 1370. The SMILES string of the molecule is Cc1cn2cc(Nc3nn(C)c4cc(N5CC(C)NC(C)C5)cc(C#N)c34)cc(F)c2n1. The van der Waals surface area contributed by atoms with Crippen molar-refractivity contribution in [1.29, 1.82) is 5.26 Å². The average Bonchev–Trinajstić information content (AvgIpc) is 3.26. The van der Waals surface area contributed by atoms with E-state index >= 15 is 0 Å². The Balaban J connectivity index is 1.57. The van der Waals surface area contributed by atoms with E-state index in [0.29, 0.717) is 29.2 Å². The summed E-state index contributed by atoms with van der Waals surface area (Å²) in [5, 5.41) is 22.0. The Hall–Kier alpha value is -3.64. The monoisotopic (exact) mass is 432 g/mol. The van der Waals surface area contributed by atoms with Crippen molar-refractivity contribution in [2.24, 2.45) is 7.05 Å². The van der Waals surface area contributed by atoms with Crippen molar-refractivity contribution in [1.82, 2.24) is 24.5 Å². The molecular weight excluding hydrogens is 407 g/mol. The highest BCUT2D eigenvalue weighted by molar-refractivity contribution is 5.98. The average molecular weight is 433 g/mol. The number of nitrogens with zero attached hydrogens (tertiary/aromatic N) is 6. The van der Waals surface area contributed by atoms with Crippen LogP contribution in [0.2, 0.25) is 0 Å². The van der Waals surface area contributed by atoms with Gasteiger partial charge in [0.05, 0.1) is 27.8 Å². The van der Waals surface area contributed by atoms with E-state index in [0.717, 1.165) is 35.4 Å². The molecule has 0 spiro atoms. The number of nitriles is 1. The van der Waals surface area contributed by atoms with E-state index in [9.17, 15) is 9.65 Å². The molecule has 9 heteroatoms. The Labute approximate surface area is 185 Å². The molecule has 2 atom stereocenters. The Morgan fingerprint density at radius 3 is 2.66 bits per heavy atom. The number of hydrogen-bond donors (Lipinski definition) is 2. The van der Waals surface area contributed by atoms with Crippen molar-refractivity contribution in [3.63, 3.8) is 0 Å². The van der Waals surface area contributed by atoms with Gasteiger partial charge in [0.15, 0.2) is 17.3 Å². The van der Waals surface area contributed by atoms with E-state index in [1.54, 1.807) is 21.5 Å². The van der Waals surface area contributed by atoms with Crippen LogP contribution in [0.1, 0.15) is 25.1 Å². The van der Waals surface area contributed by atoms with Crippen molar-refractivity contribution in [2.45, 2.75) is 32.9 Å². The van der Waals surface area contributed by atoms with E-state index in [-0.39, 0.29) is 5.65 Å². The molecular formula is C23H25FN8. The smallest absolute Gasteiger partial charge is 0.173 e. The van der Waals surface area contributed by atoms with Gasteiger partial charge in [-0.25, -0.2) is 9.37 Å². The number of piperazine rings is 1. The third-order valence-corrected chi connectivity index (χ3v) is 5.87. The van der Waals surface area contributed by atoms with Gasteiger partial charge in [0, 0.05) is 56.4 Å². The molecule has 0 bridgehead atoms. The molecule has 4 heterocycles. The van der Waals surface area contributed by atoms with Crippen LogP contribution in [0, 0.1) is 24.1 Å². The molecule has 1 aromatic carbocycles. The first-order chi connectivity index (χ1) is 15.3. The molecule has 2 unspecified atom stereocenters. The van der Waals surface area contributed by atoms with Crippen molar-refractivity contribution < 1.29 is 4.39 Å². The van der Waals surface area contributed by atoms with E-state index in [2.05, 4.69) is 51.6 Å². The Kier molecular flexibility index (Phi) is 4.75. The second-order valence-corrected chi connectivity index (χ2v) is 8.66. The minimum Gasteiger partial charge on any atom is -0.368 e. The van der Waals surface area contributed by atoms with E-state index in [1.165, 1.54) is 6.07 Å². The number of benzene rings is 1. The summed E-state index contributed by atoms with van der Waals surface area (Å²) in [5.41, 5.74) is 3.93. The van der Waals surface area contributed by atoms with Crippen LogP contribution in [0.5, 0.6) is 0 Å². The predicted molar refractivity (Wildman–Crippen MR) is 123 cm³/mol. The number of rotatable bonds is 3. The molecule has 0 saturated carbocycles. The normalized spacial score (nSPS) is 18.9. The number of pyridine rings is 1. The molecule has 0 amide bonds. The summed E-state index contributed by atoms with van der Waals surface area (Å²) in [6.07, 6.45) is 3.53. The molecule has 1 fully saturated rings. The van der Waals surface area contributed by atoms with Crippen molar-refractivity contribution >= 4 is 33.7 Å². The number of aromatic nitrogens is 4. The minimum atomic E-state index is -0.423. The van der Waals surface area contributed by atoms with E-state index < -0.39 is 5.82 Å². The zero-order chi connectivity index (χ0) is 22.6. The Morgan fingerprint density at radius 1 is 1.19 bits per heavy atom. The highest BCUT2D eigenvalue weighted by Gasteiger charge is 2.23. The molecule has 4 aromatic rings. The lowest BCUT2D eigenvalue weighted by Crippen LogP contribution is -2.54. The summed E-state index contributed by atoms with van der Waals surface area (Å²) in [6.45, 7) is 7.88. The topological polar surface area (TPSA) is 86.2 Å². The van der Waals surface area contributed by atoms with Crippen LogP contribution in [0.15, 0.2) is 30.6 Å². The van der Waals surface area contributed by atoms with Gasteiger partial charge in [-0.1, -0.05) is 0 Å². The first kappa shape index (κ1) is 20.3. The van der Waals surface area contributed by atoms with Gasteiger partial charge >= 0.3 is 0 Å². The fourth-order valence-electron chi connectivity index (χ4n) is 4.65. The van der Waals surface area contributed by atoms with Gasteiger partial charge in [-0.2, -0.15) is 10.4 Å². The maximum absolute atomic E-state index is 14.5. The van der Waals surface area contributed by atoms with Gasteiger partial charge in [0.1, 0.15) is 6.07 Å². The molecule has 164 valence electrons. The molecule has 0 radical (unpaired) electrons. The first-order valence-electron chi connectivity index (χ1n) is 10.7.